The molecule has 220 valence electrons. The highest BCUT2D eigenvalue weighted by atomic mass is 16.3. The van der Waals surface area contributed by atoms with Crippen LogP contribution in [0.1, 0.15) is 0 Å². The predicted octanol–water partition coefficient (Wildman–Crippen LogP) is 10.7. The van der Waals surface area contributed by atoms with E-state index in [1.54, 1.807) is 6.20 Å². The van der Waals surface area contributed by atoms with Gasteiger partial charge in [-0.25, -0.2) is 15.0 Å². The van der Waals surface area contributed by atoms with Crippen molar-refractivity contribution < 1.29 is 4.42 Å². The van der Waals surface area contributed by atoms with E-state index in [4.69, 9.17) is 19.4 Å². The second-order valence-electron chi connectivity index (χ2n) is 11.6. The molecular weight excluding hydrogens is 576 g/mol. The summed E-state index contributed by atoms with van der Waals surface area (Å²) in [4.78, 5) is 19.5. The highest BCUT2D eigenvalue weighted by Crippen LogP contribution is 2.38. The van der Waals surface area contributed by atoms with Crippen LogP contribution in [-0.2, 0) is 0 Å². The first-order chi connectivity index (χ1) is 23.3. The molecule has 9 aromatic rings. The third-order valence-corrected chi connectivity index (χ3v) is 8.63. The van der Waals surface area contributed by atoms with Crippen molar-refractivity contribution in [1.29, 1.82) is 0 Å². The van der Waals surface area contributed by atoms with Crippen LogP contribution in [0.25, 0.3) is 89.1 Å². The first kappa shape index (κ1) is 26.9. The predicted molar refractivity (Wildman–Crippen MR) is 190 cm³/mol. The molecule has 0 fully saturated rings. The largest absolute Gasteiger partial charge is 0.454 e. The highest BCUT2D eigenvalue weighted by Gasteiger charge is 2.19. The monoisotopic (exact) mass is 602 g/mol. The Morgan fingerprint density at radius 1 is 0.383 bits per heavy atom. The first-order valence-electron chi connectivity index (χ1n) is 15.5. The Bertz CT molecular complexity index is 2540. The number of furan rings is 1. The summed E-state index contributed by atoms with van der Waals surface area (Å²) in [6.07, 6.45) is 3.58. The van der Waals surface area contributed by atoms with Crippen molar-refractivity contribution in [2.24, 2.45) is 0 Å². The Morgan fingerprint density at radius 2 is 0.851 bits per heavy atom. The molecule has 3 heterocycles. The molecule has 47 heavy (non-hydrogen) atoms. The Kier molecular flexibility index (Phi) is 6.39. The molecule has 0 saturated heterocycles. The first-order valence-corrected chi connectivity index (χ1v) is 15.5. The average Bonchev–Trinajstić information content (AvgIpc) is 3.52. The van der Waals surface area contributed by atoms with Gasteiger partial charge >= 0.3 is 0 Å². The zero-order chi connectivity index (χ0) is 31.2. The third-order valence-electron chi connectivity index (χ3n) is 8.63. The second-order valence-corrected chi connectivity index (χ2v) is 11.6. The number of nitrogens with zero attached hydrogens (tertiary/aromatic N) is 4. The lowest BCUT2D eigenvalue weighted by Gasteiger charge is -2.10. The lowest BCUT2D eigenvalue weighted by atomic mass is 9.99. The average molecular weight is 603 g/mol. The van der Waals surface area contributed by atoms with Gasteiger partial charge in [-0.15, -0.1) is 0 Å². The molecule has 0 atom stereocenters. The van der Waals surface area contributed by atoms with Crippen molar-refractivity contribution >= 4 is 32.7 Å². The molecule has 5 nitrogen and oxygen atoms in total. The molecular formula is C42H26N4O. The maximum absolute atomic E-state index is 6.31. The molecule has 0 aliphatic rings. The fourth-order valence-corrected chi connectivity index (χ4v) is 6.22. The summed E-state index contributed by atoms with van der Waals surface area (Å²) in [6.45, 7) is 0. The maximum atomic E-state index is 6.31. The van der Waals surface area contributed by atoms with Crippen LogP contribution in [0.15, 0.2) is 162 Å². The van der Waals surface area contributed by atoms with Gasteiger partial charge in [0.1, 0.15) is 5.58 Å². The van der Waals surface area contributed by atoms with Crippen LogP contribution in [0.5, 0.6) is 0 Å². The fraction of sp³-hybridized carbons (Fsp3) is 0. The van der Waals surface area contributed by atoms with Crippen LogP contribution in [-0.4, -0.2) is 19.9 Å². The van der Waals surface area contributed by atoms with E-state index in [1.807, 2.05) is 54.7 Å². The van der Waals surface area contributed by atoms with Crippen molar-refractivity contribution in [1.82, 2.24) is 19.9 Å². The van der Waals surface area contributed by atoms with Crippen molar-refractivity contribution in [2.75, 3.05) is 0 Å². The molecule has 0 radical (unpaired) electrons. The summed E-state index contributed by atoms with van der Waals surface area (Å²) in [6, 6.07) is 50.0. The topological polar surface area (TPSA) is 64.7 Å². The molecule has 0 unspecified atom stereocenters. The molecule has 5 heteroatoms. The molecule has 0 aliphatic heterocycles. The summed E-state index contributed by atoms with van der Waals surface area (Å²) in [7, 11) is 0. The van der Waals surface area contributed by atoms with Crippen molar-refractivity contribution in [3.63, 3.8) is 0 Å². The zero-order valence-corrected chi connectivity index (χ0v) is 25.2. The van der Waals surface area contributed by atoms with E-state index in [9.17, 15) is 0 Å². The summed E-state index contributed by atoms with van der Waals surface area (Å²) < 4.78 is 6.31. The Labute approximate surface area is 270 Å². The lowest BCUT2D eigenvalue weighted by molar-refractivity contribution is 0.667. The van der Waals surface area contributed by atoms with Crippen molar-refractivity contribution in [3.8, 4) is 56.4 Å². The molecule has 0 N–H and O–H groups in total. The van der Waals surface area contributed by atoms with Gasteiger partial charge in [0.15, 0.2) is 23.1 Å². The van der Waals surface area contributed by atoms with Gasteiger partial charge in [0.2, 0.25) is 0 Å². The van der Waals surface area contributed by atoms with Crippen LogP contribution in [0.3, 0.4) is 0 Å². The molecule has 6 aromatic carbocycles. The zero-order valence-electron chi connectivity index (χ0n) is 25.2. The number of hydrogen-bond acceptors (Lipinski definition) is 5. The van der Waals surface area contributed by atoms with E-state index >= 15 is 0 Å². The fourth-order valence-electron chi connectivity index (χ4n) is 6.22. The minimum absolute atomic E-state index is 0.545. The smallest absolute Gasteiger partial charge is 0.166 e. The Hall–Kier alpha value is -6.46. The summed E-state index contributed by atoms with van der Waals surface area (Å²) >= 11 is 0. The number of aromatic nitrogens is 4. The van der Waals surface area contributed by atoms with Gasteiger partial charge in [-0.1, -0.05) is 133 Å². The van der Waals surface area contributed by atoms with E-state index in [1.165, 1.54) is 11.1 Å². The number of hydrogen-bond donors (Lipinski definition) is 0. The van der Waals surface area contributed by atoms with Crippen LogP contribution < -0.4 is 0 Å². The van der Waals surface area contributed by atoms with Gasteiger partial charge in [0.25, 0.3) is 0 Å². The number of fused-ring (bicyclic) bond motifs is 4. The summed E-state index contributed by atoms with van der Waals surface area (Å²) in [5, 5.41) is 4.20. The van der Waals surface area contributed by atoms with Crippen molar-refractivity contribution in [3.05, 3.63) is 158 Å². The Balaban J connectivity index is 1.16. The van der Waals surface area contributed by atoms with Crippen LogP contribution in [0.4, 0.5) is 0 Å². The molecule has 3 aromatic heterocycles. The van der Waals surface area contributed by atoms with Gasteiger partial charge in [-0.2, -0.15) is 0 Å². The van der Waals surface area contributed by atoms with E-state index < -0.39 is 0 Å². The van der Waals surface area contributed by atoms with E-state index in [-0.39, 0.29) is 0 Å². The number of rotatable bonds is 5. The second kappa shape index (κ2) is 11.2. The van der Waals surface area contributed by atoms with Gasteiger partial charge in [0.05, 0.1) is 6.20 Å². The number of benzene rings is 6. The summed E-state index contributed by atoms with van der Waals surface area (Å²) in [5.74, 6) is 1.74. The lowest BCUT2D eigenvalue weighted by Crippen LogP contribution is -2.00. The maximum Gasteiger partial charge on any atom is 0.166 e. The van der Waals surface area contributed by atoms with Crippen LogP contribution in [0, 0.1) is 0 Å². The van der Waals surface area contributed by atoms with Crippen LogP contribution in [0.2, 0.25) is 0 Å². The van der Waals surface area contributed by atoms with Crippen LogP contribution >= 0.6 is 0 Å². The minimum atomic E-state index is 0.545. The quantitative estimate of drug-likeness (QED) is 0.196. The third kappa shape index (κ3) is 4.91. The molecule has 0 saturated carbocycles. The molecule has 0 spiro atoms. The van der Waals surface area contributed by atoms with Gasteiger partial charge in [-0.05, 0) is 45.2 Å². The van der Waals surface area contributed by atoms with Gasteiger partial charge in [0, 0.05) is 33.7 Å². The normalized spacial score (nSPS) is 11.4. The van der Waals surface area contributed by atoms with E-state index in [2.05, 4.69) is 102 Å². The van der Waals surface area contributed by atoms with Crippen molar-refractivity contribution in [2.45, 2.75) is 0 Å². The standard InChI is InChI=1S/C42H26N4O/c1-3-9-27(10-4-1)28-15-17-29(18-16-28)30-19-21-32(22-20-30)41-44-40(31-11-5-2-6-12-31)45-42(46-41)36-25-43-26-38-39(36)35-23-33-13-7-8-14-34(33)24-37(35)47-38/h1-26H. The van der Waals surface area contributed by atoms with E-state index in [0.717, 1.165) is 54.9 Å². The summed E-state index contributed by atoms with van der Waals surface area (Å²) in [5.41, 5.74) is 8.78. The molecule has 9 rings (SSSR count). The highest BCUT2D eigenvalue weighted by molar-refractivity contribution is 6.14. The van der Waals surface area contributed by atoms with E-state index in [0.29, 0.717) is 23.1 Å². The Morgan fingerprint density at radius 3 is 1.47 bits per heavy atom. The molecule has 0 bridgehead atoms. The van der Waals surface area contributed by atoms with Gasteiger partial charge in [-0.3, -0.25) is 4.98 Å². The van der Waals surface area contributed by atoms with Gasteiger partial charge < -0.3 is 4.42 Å². The SMILES string of the molecule is c1ccc(-c2ccc(-c3ccc(-c4nc(-c5ccccc5)nc(-c5cncc6oc7cc8ccccc8cc7c56)n4)cc3)cc2)cc1. The number of pyridine rings is 1. The minimum Gasteiger partial charge on any atom is -0.454 e. The molecule has 0 amide bonds. The molecule has 0 aliphatic carbocycles.